The molecule has 1 heterocycles. The summed E-state index contributed by atoms with van der Waals surface area (Å²) in [6, 6.07) is 8.42. The number of carbonyl (C=O) groups is 4. The molecule has 3 aromatic rings. The molecule has 0 saturated heterocycles. The van der Waals surface area contributed by atoms with Gasteiger partial charge >= 0.3 is 23.9 Å². The second-order valence-corrected chi connectivity index (χ2v) is 7.24. The van der Waals surface area contributed by atoms with Crippen LogP contribution in [0, 0.1) is 13.8 Å². The smallest absolute Gasteiger partial charge is 0.339 e. The molecule has 0 unspecified atom stereocenters. The van der Waals surface area contributed by atoms with E-state index in [4.69, 9.17) is 23.4 Å². The lowest BCUT2D eigenvalue weighted by atomic mass is 9.83. The SMILES string of the molecule is COC(=O)c1c(C(=O)OC)c(C(=O)OC)c(-c2nc(C)c(C)o2)c(-c2ccccc2)c1C(=O)OC. The summed E-state index contributed by atoms with van der Waals surface area (Å²) in [5.41, 5.74) is -0.854. The van der Waals surface area contributed by atoms with Gasteiger partial charge in [-0.15, -0.1) is 0 Å². The van der Waals surface area contributed by atoms with E-state index in [1.165, 1.54) is 0 Å². The first-order valence-corrected chi connectivity index (χ1v) is 10.3. The van der Waals surface area contributed by atoms with E-state index < -0.39 is 35.0 Å². The van der Waals surface area contributed by atoms with Gasteiger partial charge in [0.2, 0.25) is 5.89 Å². The third kappa shape index (κ3) is 4.37. The lowest BCUT2D eigenvalue weighted by Gasteiger charge is -2.21. The molecule has 0 amide bonds. The summed E-state index contributed by atoms with van der Waals surface area (Å²) in [4.78, 5) is 56.8. The highest BCUT2D eigenvalue weighted by Crippen LogP contribution is 2.43. The second-order valence-electron chi connectivity index (χ2n) is 7.24. The standard InChI is InChI=1S/C25H23NO9/c1-12-13(2)35-21(26-12)16-15(14-10-8-7-9-11-14)17(22(27)31-3)19(24(29)33-5)20(25(30)34-6)18(16)23(28)32-4/h7-11H,1-6H3. The molecule has 0 saturated carbocycles. The number of hydrogen-bond acceptors (Lipinski definition) is 10. The van der Waals surface area contributed by atoms with Crippen LogP contribution in [-0.2, 0) is 18.9 Å². The van der Waals surface area contributed by atoms with Crippen molar-refractivity contribution in [1.29, 1.82) is 0 Å². The normalized spacial score (nSPS) is 10.5. The van der Waals surface area contributed by atoms with Crippen LogP contribution in [-0.4, -0.2) is 57.3 Å². The summed E-state index contributed by atoms with van der Waals surface area (Å²) < 4.78 is 25.5. The average molecular weight is 481 g/mol. The minimum atomic E-state index is -1.09. The predicted molar refractivity (Wildman–Crippen MR) is 122 cm³/mol. The van der Waals surface area contributed by atoms with Crippen molar-refractivity contribution in [2.75, 3.05) is 28.4 Å². The number of carbonyl (C=O) groups excluding carboxylic acids is 4. The quantitative estimate of drug-likeness (QED) is 0.379. The number of hydrogen-bond donors (Lipinski definition) is 0. The van der Waals surface area contributed by atoms with E-state index in [1.807, 2.05) is 0 Å². The van der Waals surface area contributed by atoms with Crippen molar-refractivity contribution < 1.29 is 42.5 Å². The van der Waals surface area contributed by atoms with Gasteiger partial charge < -0.3 is 23.4 Å². The zero-order valence-corrected chi connectivity index (χ0v) is 20.0. The Bertz CT molecular complexity index is 1300. The molecule has 0 bridgehead atoms. The summed E-state index contributed by atoms with van der Waals surface area (Å²) in [5, 5.41) is 0. The van der Waals surface area contributed by atoms with Crippen molar-refractivity contribution in [2.24, 2.45) is 0 Å². The van der Waals surface area contributed by atoms with Gasteiger partial charge in [-0.3, -0.25) is 0 Å². The third-order valence-corrected chi connectivity index (χ3v) is 5.36. The van der Waals surface area contributed by atoms with E-state index in [0.29, 0.717) is 17.0 Å². The van der Waals surface area contributed by atoms with Gasteiger partial charge in [-0.25, -0.2) is 24.2 Å². The topological polar surface area (TPSA) is 131 Å². The largest absolute Gasteiger partial charge is 0.465 e. The lowest BCUT2D eigenvalue weighted by molar-refractivity contribution is 0.0522. The van der Waals surface area contributed by atoms with Crippen LogP contribution in [0.2, 0.25) is 0 Å². The van der Waals surface area contributed by atoms with Crippen LogP contribution >= 0.6 is 0 Å². The monoisotopic (exact) mass is 481 g/mol. The number of benzene rings is 2. The molecule has 0 aliphatic carbocycles. The van der Waals surface area contributed by atoms with E-state index >= 15 is 0 Å². The fourth-order valence-corrected chi connectivity index (χ4v) is 3.66. The number of rotatable bonds is 6. The Kier molecular flexibility index (Phi) is 7.34. The third-order valence-electron chi connectivity index (χ3n) is 5.36. The minimum absolute atomic E-state index is 0.0484. The Morgan fingerprint density at radius 1 is 0.657 bits per heavy atom. The Labute approximate surface area is 200 Å². The highest BCUT2D eigenvalue weighted by molar-refractivity contribution is 6.21. The maximum absolute atomic E-state index is 13.2. The molecule has 10 heteroatoms. The van der Waals surface area contributed by atoms with E-state index in [0.717, 1.165) is 28.4 Å². The first-order valence-electron chi connectivity index (χ1n) is 10.3. The highest BCUT2D eigenvalue weighted by Gasteiger charge is 2.40. The molecule has 0 fully saturated rings. The van der Waals surface area contributed by atoms with Gasteiger partial charge in [0.15, 0.2) is 0 Å². The molecular formula is C25H23NO9. The molecule has 10 nitrogen and oxygen atoms in total. The number of oxazole rings is 1. The van der Waals surface area contributed by atoms with Gasteiger partial charge in [0.25, 0.3) is 0 Å². The number of esters is 4. The van der Waals surface area contributed by atoms with Crippen LogP contribution in [0.15, 0.2) is 34.7 Å². The Morgan fingerprint density at radius 2 is 1.09 bits per heavy atom. The van der Waals surface area contributed by atoms with Crippen molar-refractivity contribution in [1.82, 2.24) is 4.98 Å². The van der Waals surface area contributed by atoms with Crippen LogP contribution in [0.1, 0.15) is 52.9 Å². The van der Waals surface area contributed by atoms with E-state index in [2.05, 4.69) is 4.98 Å². The van der Waals surface area contributed by atoms with Gasteiger partial charge in [-0.05, 0) is 19.4 Å². The van der Waals surface area contributed by atoms with E-state index in [1.54, 1.807) is 44.2 Å². The summed E-state index contributed by atoms with van der Waals surface area (Å²) in [6.07, 6.45) is 0. The summed E-state index contributed by atoms with van der Waals surface area (Å²) >= 11 is 0. The van der Waals surface area contributed by atoms with Gasteiger partial charge in [0.05, 0.1) is 62.0 Å². The van der Waals surface area contributed by atoms with Crippen LogP contribution in [0.5, 0.6) is 0 Å². The van der Waals surface area contributed by atoms with Crippen LogP contribution in [0.4, 0.5) is 0 Å². The van der Waals surface area contributed by atoms with E-state index in [-0.39, 0.29) is 28.1 Å². The number of nitrogens with zero attached hydrogens (tertiary/aromatic N) is 1. The first-order chi connectivity index (χ1) is 16.7. The number of ether oxygens (including phenoxy) is 4. The average Bonchev–Trinajstić information content (AvgIpc) is 3.22. The fraction of sp³-hybridized carbons (Fsp3) is 0.240. The number of aromatic nitrogens is 1. The fourth-order valence-electron chi connectivity index (χ4n) is 3.66. The summed E-state index contributed by atoms with van der Waals surface area (Å²) in [7, 11) is 4.35. The zero-order valence-electron chi connectivity index (χ0n) is 20.0. The molecule has 0 atom stereocenters. The molecule has 35 heavy (non-hydrogen) atoms. The highest BCUT2D eigenvalue weighted by atomic mass is 16.5. The Balaban J connectivity index is 2.78. The molecule has 0 spiro atoms. The first kappa shape index (κ1) is 25.2. The molecule has 0 aliphatic heterocycles. The van der Waals surface area contributed by atoms with Crippen molar-refractivity contribution >= 4 is 23.9 Å². The van der Waals surface area contributed by atoms with Crippen LogP contribution in [0.25, 0.3) is 22.6 Å². The Hall–Kier alpha value is -4.47. The second kappa shape index (κ2) is 10.2. The summed E-state index contributed by atoms with van der Waals surface area (Å²) in [6.45, 7) is 3.35. The summed E-state index contributed by atoms with van der Waals surface area (Å²) in [5.74, 6) is -3.76. The van der Waals surface area contributed by atoms with Gasteiger partial charge in [-0.2, -0.15) is 0 Å². The van der Waals surface area contributed by atoms with Gasteiger partial charge in [0, 0.05) is 5.56 Å². The van der Waals surface area contributed by atoms with Gasteiger partial charge in [-0.1, -0.05) is 30.3 Å². The lowest BCUT2D eigenvalue weighted by Crippen LogP contribution is -2.24. The number of aryl methyl sites for hydroxylation is 2. The van der Waals surface area contributed by atoms with Gasteiger partial charge in [0.1, 0.15) is 5.76 Å². The van der Waals surface area contributed by atoms with Crippen molar-refractivity contribution in [3.63, 3.8) is 0 Å². The molecule has 0 radical (unpaired) electrons. The molecule has 182 valence electrons. The van der Waals surface area contributed by atoms with Crippen LogP contribution < -0.4 is 0 Å². The van der Waals surface area contributed by atoms with Crippen molar-refractivity contribution in [3.05, 3.63) is 64.0 Å². The minimum Gasteiger partial charge on any atom is -0.465 e. The predicted octanol–water partition coefficient (Wildman–Crippen LogP) is 3.77. The molecule has 3 rings (SSSR count). The molecule has 0 aliphatic rings. The Morgan fingerprint density at radius 3 is 1.49 bits per heavy atom. The molecule has 2 aromatic carbocycles. The zero-order chi connectivity index (χ0) is 25.9. The van der Waals surface area contributed by atoms with Crippen LogP contribution in [0.3, 0.4) is 0 Å². The number of methoxy groups -OCH3 is 4. The maximum atomic E-state index is 13.2. The molecular weight excluding hydrogens is 458 g/mol. The van der Waals surface area contributed by atoms with E-state index in [9.17, 15) is 19.2 Å². The van der Waals surface area contributed by atoms with Crippen molar-refractivity contribution in [2.45, 2.75) is 13.8 Å². The van der Waals surface area contributed by atoms with Crippen molar-refractivity contribution in [3.8, 4) is 22.6 Å². The maximum Gasteiger partial charge on any atom is 0.339 e. The molecule has 1 aromatic heterocycles. The molecule has 0 N–H and O–H groups in total.